The Labute approximate surface area is 562 Å². The molecule has 0 aliphatic carbocycles. The van der Waals surface area contributed by atoms with Crippen LogP contribution in [0.4, 0.5) is 0 Å². The van der Waals surface area contributed by atoms with Crippen LogP contribution >= 0.6 is 7.82 Å². The first-order valence-corrected chi connectivity index (χ1v) is 39.9. The quantitative estimate of drug-likeness (QED) is 0.0264. The molecule has 526 valence electrons. The van der Waals surface area contributed by atoms with Gasteiger partial charge in [0.1, 0.15) is 6.61 Å². The lowest BCUT2D eigenvalue weighted by molar-refractivity contribution is -0.161. The van der Waals surface area contributed by atoms with E-state index < -0.39 is 26.5 Å². The molecule has 0 heterocycles. The van der Waals surface area contributed by atoms with Crippen molar-refractivity contribution in [2.75, 3.05) is 26.4 Å². The standard InChI is InChI=1S/C81H144NO8P/c1-3-5-7-9-11-13-15-17-19-21-23-25-27-29-31-33-35-37-38-39-40-42-44-46-48-50-52-54-56-58-60-62-64-66-68-70-72-74-81(84)90-79(78-89-91(85,86)88-76-75-82)77-87-80(83)73-71-69-67-65-63-61-59-57-55-53-51-49-47-45-43-41-36-34-32-30-28-26-24-22-20-18-16-14-12-10-8-6-4-2/h5-8,11-14,17-20,23-26,29,31,79H,3-4,9-10,15-16,21-22,27-28,30,32-78,82H2,1-2H3,(H,85,86)/b7-5-,8-6-,13-11-,14-12-,19-17-,20-18-,25-23-,26-24-,31-29-. The van der Waals surface area contributed by atoms with E-state index in [1.807, 2.05) is 0 Å². The fourth-order valence-corrected chi connectivity index (χ4v) is 11.8. The molecule has 91 heavy (non-hydrogen) atoms. The zero-order chi connectivity index (χ0) is 65.8. The number of carbonyl (C=O) groups is 2. The zero-order valence-electron chi connectivity index (χ0n) is 59.3. The van der Waals surface area contributed by atoms with E-state index in [1.165, 1.54) is 238 Å². The topological polar surface area (TPSA) is 134 Å². The summed E-state index contributed by atoms with van der Waals surface area (Å²) >= 11 is 0. The Bertz CT molecular complexity index is 1860. The lowest BCUT2D eigenvalue weighted by Gasteiger charge is -2.19. The summed E-state index contributed by atoms with van der Waals surface area (Å²) in [6, 6.07) is 0. The molecule has 0 bridgehead atoms. The predicted octanol–water partition coefficient (Wildman–Crippen LogP) is 25.6. The van der Waals surface area contributed by atoms with E-state index in [2.05, 4.69) is 123 Å². The highest BCUT2D eigenvalue weighted by Gasteiger charge is 2.26. The van der Waals surface area contributed by atoms with Crippen LogP contribution in [0.25, 0.3) is 0 Å². The number of hydrogen-bond acceptors (Lipinski definition) is 8. The van der Waals surface area contributed by atoms with Gasteiger partial charge >= 0.3 is 19.8 Å². The summed E-state index contributed by atoms with van der Waals surface area (Å²) in [5, 5.41) is 0. The number of phosphoric acid groups is 1. The minimum Gasteiger partial charge on any atom is -0.462 e. The maximum Gasteiger partial charge on any atom is 0.472 e. The summed E-state index contributed by atoms with van der Waals surface area (Å²) < 4.78 is 33.3. The Balaban J connectivity index is 3.80. The highest BCUT2D eigenvalue weighted by molar-refractivity contribution is 7.47. The van der Waals surface area contributed by atoms with Gasteiger partial charge in [-0.3, -0.25) is 18.6 Å². The summed E-state index contributed by atoms with van der Waals surface area (Å²) in [7, 11) is -4.40. The Morgan fingerprint density at radius 3 is 0.846 bits per heavy atom. The number of carbonyl (C=O) groups excluding carboxylic acids is 2. The van der Waals surface area contributed by atoms with Crippen LogP contribution in [-0.4, -0.2) is 49.3 Å². The van der Waals surface area contributed by atoms with E-state index in [0.29, 0.717) is 6.42 Å². The van der Waals surface area contributed by atoms with Gasteiger partial charge in [-0.25, -0.2) is 4.57 Å². The molecule has 0 aliphatic heterocycles. The highest BCUT2D eigenvalue weighted by Crippen LogP contribution is 2.43. The molecule has 0 aromatic heterocycles. The smallest absolute Gasteiger partial charge is 0.462 e. The van der Waals surface area contributed by atoms with Crippen LogP contribution in [0.1, 0.15) is 361 Å². The molecular weight excluding hydrogens is 1150 g/mol. The van der Waals surface area contributed by atoms with Crippen LogP contribution in [0.5, 0.6) is 0 Å². The monoisotopic (exact) mass is 1290 g/mol. The third-order valence-electron chi connectivity index (χ3n) is 16.7. The second-order valence-electron chi connectivity index (χ2n) is 25.5. The van der Waals surface area contributed by atoms with Gasteiger partial charge in [-0.15, -0.1) is 0 Å². The molecule has 0 radical (unpaired) electrons. The number of nitrogens with two attached hydrogens (primary N) is 1. The van der Waals surface area contributed by atoms with Gasteiger partial charge in [0.05, 0.1) is 13.2 Å². The fraction of sp³-hybridized carbons (Fsp3) is 0.753. The van der Waals surface area contributed by atoms with Gasteiger partial charge < -0.3 is 20.1 Å². The molecule has 0 aliphatic rings. The van der Waals surface area contributed by atoms with Crippen LogP contribution in [0.3, 0.4) is 0 Å². The van der Waals surface area contributed by atoms with Crippen molar-refractivity contribution >= 4 is 19.8 Å². The molecule has 0 saturated carbocycles. The van der Waals surface area contributed by atoms with Crippen LogP contribution in [0.15, 0.2) is 109 Å². The van der Waals surface area contributed by atoms with Gasteiger partial charge in [0.25, 0.3) is 0 Å². The van der Waals surface area contributed by atoms with Crippen LogP contribution < -0.4 is 5.73 Å². The average Bonchev–Trinajstić information content (AvgIpc) is 3.74. The first kappa shape index (κ1) is 87.7. The first-order chi connectivity index (χ1) is 44.8. The summed E-state index contributed by atoms with van der Waals surface area (Å²) in [6.45, 7) is 3.57. The van der Waals surface area contributed by atoms with Crippen molar-refractivity contribution in [3.8, 4) is 0 Å². The molecule has 0 fully saturated rings. The minimum absolute atomic E-state index is 0.0528. The van der Waals surface area contributed by atoms with Gasteiger partial charge in [-0.2, -0.15) is 0 Å². The Morgan fingerprint density at radius 2 is 0.571 bits per heavy atom. The molecule has 0 spiro atoms. The van der Waals surface area contributed by atoms with Crippen molar-refractivity contribution in [2.45, 2.75) is 367 Å². The molecule has 3 N–H and O–H groups in total. The Hall–Kier alpha value is -3.33. The summed E-state index contributed by atoms with van der Waals surface area (Å²) in [6.07, 6.45) is 105. The number of allylic oxidation sites excluding steroid dienone is 18. The molecular formula is C81H144NO8P. The maximum absolute atomic E-state index is 12.8. The minimum atomic E-state index is -4.40. The molecule has 2 unspecified atom stereocenters. The number of esters is 2. The molecule has 0 saturated heterocycles. The number of ether oxygens (including phenoxy) is 2. The maximum atomic E-state index is 12.8. The van der Waals surface area contributed by atoms with Gasteiger partial charge in [-0.1, -0.05) is 361 Å². The van der Waals surface area contributed by atoms with E-state index in [-0.39, 0.29) is 38.6 Å². The highest BCUT2D eigenvalue weighted by atomic mass is 31.2. The third kappa shape index (κ3) is 75.6. The van der Waals surface area contributed by atoms with E-state index in [1.54, 1.807) is 0 Å². The lowest BCUT2D eigenvalue weighted by Crippen LogP contribution is -2.29. The Kier molecular flexibility index (Phi) is 72.9. The summed E-state index contributed by atoms with van der Waals surface area (Å²) in [4.78, 5) is 35.4. The van der Waals surface area contributed by atoms with Crippen molar-refractivity contribution in [3.63, 3.8) is 0 Å². The third-order valence-corrected chi connectivity index (χ3v) is 17.6. The van der Waals surface area contributed by atoms with Gasteiger partial charge in [0, 0.05) is 19.4 Å². The van der Waals surface area contributed by atoms with Gasteiger partial charge in [-0.05, 0) is 96.3 Å². The number of phosphoric ester groups is 1. The van der Waals surface area contributed by atoms with Crippen LogP contribution in [0.2, 0.25) is 0 Å². The molecule has 0 amide bonds. The van der Waals surface area contributed by atoms with Crippen molar-refractivity contribution in [3.05, 3.63) is 109 Å². The van der Waals surface area contributed by atoms with Crippen LogP contribution in [-0.2, 0) is 32.7 Å². The fourth-order valence-electron chi connectivity index (χ4n) is 11.1. The number of unbranched alkanes of at least 4 members (excludes halogenated alkanes) is 41. The van der Waals surface area contributed by atoms with Crippen LogP contribution in [0, 0.1) is 0 Å². The van der Waals surface area contributed by atoms with E-state index >= 15 is 0 Å². The molecule has 0 rings (SSSR count). The Morgan fingerprint density at radius 1 is 0.330 bits per heavy atom. The van der Waals surface area contributed by atoms with E-state index in [4.69, 9.17) is 24.3 Å². The van der Waals surface area contributed by atoms with Crippen molar-refractivity contribution < 1.29 is 37.6 Å². The van der Waals surface area contributed by atoms with E-state index in [0.717, 1.165) is 89.9 Å². The first-order valence-electron chi connectivity index (χ1n) is 38.4. The van der Waals surface area contributed by atoms with Gasteiger partial charge in [0.2, 0.25) is 0 Å². The van der Waals surface area contributed by atoms with Gasteiger partial charge in [0.15, 0.2) is 6.10 Å². The zero-order valence-corrected chi connectivity index (χ0v) is 60.2. The van der Waals surface area contributed by atoms with Crippen molar-refractivity contribution in [1.29, 1.82) is 0 Å². The normalized spacial score (nSPS) is 13.5. The largest absolute Gasteiger partial charge is 0.472 e. The second-order valence-corrected chi connectivity index (χ2v) is 26.9. The van der Waals surface area contributed by atoms with Crippen molar-refractivity contribution in [2.24, 2.45) is 5.73 Å². The predicted molar refractivity (Wildman–Crippen MR) is 395 cm³/mol. The summed E-state index contributed by atoms with van der Waals surface area (Å²) in [5.74, 6) is -0.811. The number of hydrogen-bond donors (Lipinski definition) is 2. The molecule has 0 aromatic carbocycles. The summed E-state index contributed by atoms with van der Waals surface area (Å²) in [5.41, 5.74) is 5.41. The molecule has 2 atom stereocenters. The molecule has 10 heteroatoms. The molecule has 9 nitrogen and oxygen atoms in total. The van der Waals surface area contributed by atoms with Crippen molar-refractivity contribution in [1.82, 2.24) is 0 Å². The lowest BCUT2D eigenvalue weighted by atomic mass is 10.0. The van der Waals surface area contributed by atoms with E-state index in [9.17, 15) is 19.0 Å². The second kappa shape index (κ2) is 75.7. The average molecular weight is 1290 g/mol. The number of rotatable bonds is 72. The molecule has 0 aromatic rings. The SMILES string of the molecule is CC/C=C\C/C=C\C/C=C\C/C=C\C/C=C\CCCCCCCCCCCCCCCCCCCCCCCC(=O)OC(COC(=O)CCCCCCCCCCCCCCCCCCCCCC/C=C\C/C=C\C/C=C\C/C=C\CC)COP(=O)(O)OCCN.